The van der Waals surface area contributed by atoms with Crippen LogP contribution in [0.25, 0.3) is 0 Å². The van der Waals surface area contributed by atoms with Crippen molar-refractivity contribution in [2.75, 3.05) is 5.32 Å². The molecule has 0 saturated heterocycles. The van der Waals surface area contributed by atoms with Crippen molar-refractivity contribution >= 4 is 28.9 Å². The second-order valence-corrected chi connectivity index (χ2v) is 9.68. The first kappa shape index (κ1) is 33.6. The number of rotatable bonds is 10. The molecule has 3 aromatic rings. The second kappa shape index (κ2) is 19.6. The van der Waals surface area contributed by atoms with E-state index in [2.05, 4.69) is 70.4 Å². The molecule has 39 heavy (non-hydrogen) atoms. The zero-order chi connectivity index (χ0) is 29.0. The van der Waals surface area contributed by atoms with Crippen LogP contribution >= 0.6 is 11.6 Å². The third kappa shape index (κ3) is 13.3. The zero-order valence-electron chi connectivity index (χ0n) is 24.3. The van der Waals surface area contributed by atoms with Crippen molar-refractivity contribution in [3.63, 3.8) is 0 Å². The maximum atomic E-state index is 11.4. The SMILES string of the molecule is C=CC=C.CCC(C)C(=NCc1ccc(Cl)cc1)Nc1ccc(C(C)=O)cc1.CCCc1ccccc1CC. The van der Waals surface area contributed by atoms with E-state index in [0.717, 1.165) is 35.0 Å². The minimum Gasteiger partial charge on any atom is -0.344 e. The van der Waals surface area contributed by atoms with E-state index in [1.54, 1.807) is 19.1 Å². The number of ketones is 1. The van der Waals surface area contributed by atoms with Crippen molar-refractivity contribution in [2.24, 2.45) is 10.9 Å². The van der Waals surface area contributed by atoms with Gasteiger partial charge in [-0.25, -0.2) is 0 Å². The van der Waals surface area contributed by atoms with Crippen LogP contribution < -0.4 is 5.32 Å². The molecular weight excluding hydrogens is 500 g/mol. The molecular formula is C35H45ClN2O. The number of benzene rings is 3. The van der Waals surface area contributed by atoms with Gasteiger partial charge in [-0.2, -0.15) is 0 Å². The molecule has 208 valence electrons. The number of nitrogens with zero attached hydrogens (tertiary/aromatic N) is 1. The van der Waals surface area contributed by atoms with Gasteiger partial charge in [0.1, 0.15) is 5.84 Å². The van der Waals surface area contributed by atoms with E-state index in [1.807, 2.05) is 48.5 Å². The summed E-state index contributed by atoms with van der Waals surface area (Å²) in [4.78, 5) is 16.1. The summed E-state index contributed by atoms with van der Waals surface area (Å²) < 4.78 is 0. The van der Waals surface area contributed by atoms with Crippen LogP contribution in [0.1, 0.15) is 74.5 Å². The summed E-state index contributed by atoms with van der Waals surface area (Å²) in [5.41, 5.74) is 5.81. The predicted octanol–water partition coefficient (Wildman–Crippen LogP) is 10.2. The van der Waals surface area contributed by atoms with E-state index >= 15 is 0 Å². The van der Waals surface area contributed by atoms with Crippen LogP contribution in [0.5, 0.6) is 0 Å². The van der Waals surface area contributed by atoms with Crippen molar-refractivity contribution in [1.29, 1.82) is 0 Å². The van der Waals surface area contributed by atoms with Crippen LogP contribution in [0, 0.1) is 5.92 Å². The number of amidine groups is 1. The van der Waals surface area contributed by atoms with Crippen LogP contribution in [-0.4, -0.2) is 11.6 Å². The van der Waals surface area contributed by atoms with Gasteiger partial charge < -0.3 is 5.32 Å². The third-order valence-corrected chi connectivity index (χ3v) is 6.43. The molecule has 0 aliphatic heterocycles. The van der Waals surface area contributed by atoms with Crippen molar-refractivity contribution in [1.82, 2.24) is 0 Å². The lowest BCUT2D eigenvalue weighted by molar-refractivity contribution is 0.101. The number of carbonyl (C=O) groups excluding carboxylic acids is 1. The monoisotopic (exact) mass is 544 g/mol. The Labute approximate surface area is 241 Å². The molecule has 0 aliphatic carbocycles. The van der Waals surface area contributed by atoms with E-state index in [9.17, 15) is 4.79 Å². The van der Waals surface area contributed by atoms with Crippen molar-refractivity contribution in [3.8, 4) is 0 Å². The molecule has 0 aliphatic rings. The molecule has 0 amide bonds. The number of allylic oxidation sites excluding steroid dienone is 2. The molecule has 0 aromatic heterocycles. The normalized spacial score (nSPS) is 11.2. The summed E-state index contributed by atoms with van der Waals surface area (Å²) >= 11 is 5.92. The van der Waals surface area contributed by atoms with Gasteiger partial charge in [0.05, 0.1) is 6.54 Å². The topological polar surface area (TPSA) is 41.5 Å². The Morgan fingerprint density at radius 3 is 2.00 bits per heavy atom. The standard InChI is InChI=1S/C20H23ClN2O.C11H16.C4H6/c1-4-14(2)20(22-13-16-5-9-18(21)10-6-16)23-19-11-7-17(8-12-19)15(3)24;1-3-7-11-9-6-5-8-10(11)4-2;1-3-4-2/h5-12,14H,4,13H2,1-3H3,(H,22,23);5-6,8-9H,3-4,7H2,1-2H3;3-4H,1-2H2. The van der Waals surface area contributed by atoms with Gasteiger partial charge in [-0.1, -0.05) is 107 Å². The lowest BCUT2D eigenvalue weighted by atomic mass is 10.0. The summed E-state index contributed by atoms with van der Waals surface area (Å²) in [6, 6.07) is 23.9. The molecule has 3 aromatic carbocycles. The van der Waals surface area contributed by atoms with Gasteiger partial charge in [-0.05, 0) is 79.3 Å². The summed E-state index contributed by atoms with van der Waals surface area (Å²) in [6.45, 7) is 17.6. The third-order valence-electron chi connectivity index (χ3n) is 6.17. The Bertz CT molecular complexity index is 1160. The number of nitrogens with one attached hydrogen (secondary N) is 1. The molecule has 0 radical (unpaired) electrons. The number of anilines is 1. The Hall–Kier alpha value is -3.43. The van der Waals surface area contributed by atoms with Crippen LogP contribution in [0.3, 0.4) is 0 Å². The largest absolute Gasteiger partial charge is 0.344 e. The average Bonchev–Trinajstić information content (AvgIpc) is 2.97. The Balaban J connectivity index is 0.000000418. The lowest BCUT2D eigenvalue weighted by Crippen LogP contribution is -2.20. The molecule has 0 spiro atoms. The highest BCUT2D eigenvalue weighted by atomic mass is 35.5. The van der Waals surface area contributed by atoms with Crippen LogP contribution in [0.15, 0.2) is 103 Å². The van der Waals surface area contributed by atoms with Gasteiger partial charge in [0.25, 0.3) is 0 Å². The van der Waals surface area contributed by atoms with Gasteiger partial charge in [-0.3, -0.25) is 9.79 Å². The van der Waals surface area contributed by atoms with E-state index in [0.29, 0.717) is 18.0 Å². The number of hydrogen-bond acceptors (Lipinski definition) is 2. The van der Waals surface area contributed by atoms with Crippen LogP contribution in [-0.2, 0) is 19.4 Å². The number of aliphatic imine (C=N–C) groups is 1. The predicted molar refractivity (Wildman–Crippen MR) is 172 cm³/mol. The number of halogens is 1. The van der Waals surface area contributed by atoms with Crippen LogP contribution in [0.2, 0.25) is 5.02 Å². The molecule has 1 atom stereocenters. The van der Waals surface area contributed by atoms with Gasteiger partial charge in [-0.15, -0.1) is 0 Å². The first-order valence-corrected chi connectivity index (χ1v) is 14.1. The number of Topliss-reactive ketones (excluding diaryl/α,β-unsaturated/α-hetero) is 1. The highest BCUT2D eigenvalue weighted by molar-refractivity contribution is 6.30. The van der Waals surface area contributed by atoms with Crippen molar-refractivity contribution in [3.05, 3.63) is 125 Å². The molecule has 3 nitrogen and oxygen atoms in total. The van der Waals surface area contributed by atoms with E-state index < -0.39 is 0 Å². The number of hydrogen-bond donors (Lipinski definition) is 1. The molecule has 0 fully saturated rings. The van der Waals surface area contributed by atoms with Crippen molar-refractivity contribution < 1.29 is 4.79 Å². The van der Waals surface area contributed by atoms with Gasteiger partial charge in [0.15, 0.2) is 5.78 Å². The van der Waals surface area contributed by atoms with Crippen molar-refractivity contribution in [2.45, 2.75) is 66.8 Å². The first-order valence-electron chi connectivity index (χ1n) is 13.8. The molecule has 1 unspecified atom stereocenters. The number of aryl methyl sites for hydroxylation is 2. The fourth-order valence-corrected chi connectivity index (χ4v) is 3.76. The smallest absolute Gasteiger partial charge is 0.159 e. The molecule has 1 N–H and O–H groups in total. The first-order chi connectivity index (χ1) is 18.8. The zero-order valence-corrected chi connectivity index (χ0v) is 25.1. The minimum absolute atomic E-state index is 0.0695. The highest BCUT2D eigenvalue weighted by Crippen LogP contribution is 2.16. The molecule has 0 saturated carbocycles. The van der Waals surface area contributed by atoms with E-state index in [-0.39, 0.29) is 5.78 Å². The summed E-state index contributed by atoms with van der Waals surface area (Å²) in [7, 11) is 0. The van der Waals surface area contributed by atoms with Gasteiger partial charge in [0, 0.05) is 22.2 Å². The van der Waals surface area contributed by atoms with E-state index in [1.165, 1.54) is 24.0 Å². The van der Waals surface area contributed by atoms with Gasteiger partial charge in [0.2, 0.25) is 0 Å². The number of carbonyl (C=O) groups is 1. The molecule has 0 heterocycles. The average molecular weight is 545 g/mol. The Morgan fingerprint density at radius 1 is 0.923 bits per heavy atom. The lowest BCUT2D eigenvalue weighted by Gasteiger charge is -2.16. The fourth-order valence-electron chi connectivity index (χ4n) is 3.63. The summed E-state index contributed by atoms with van der Waals surface area (Å²) in [5, 5.41) is 4.12. The summed E-state index contributed by atoms with van der Waals surface area (Å²) in [5.74, 6) is 1.34. The highest BCUT2D eigenvalue weighted by Gasteiger charge is 2.09. The summed E-state index contributed by atoms with van der Waals surface area (Å²) in [6.07, 6.45) is 7.91. The fraction of sp³-hybridized carbons (Fsp3) is 0.314. The maximum absolute atomic E-state index is 11.4. The van der Waals surface area contributed by atoms with Gasteiger partial charge >= 0.3 is 0 Å². The second-order valence-electron chi connectivity index (χ2n) is 9.24. The van der Waals surface area contributed by atoms with Crippen LogP contribution in [0.4, 0.5) is 5.69 Å². The molecule has 3 rings (SSSR count). The Kier molecular flexibility index (Phi) is 16.9. The minimum atomic E-state index is 0.0695. The Morgan fingerprint density at radius 2 is 1.51 bits per heavy atom. The maximum Gasteiger partial charge on any atom is 0.159 e. The molecule has 4 heteroatoms. The molecule has 0 bridgehead atoms. The van der Waals surface area contributed by atoms with E-state index in [4.69, 9.17) is 16.6 Å². The quantitative estimate of drug-likeness (QED) is 0.119.